The molecule has 150 valence electrons. The lowest BCUT2D eigenvalue weighted by atomic mass is 9.80. The third-order valence-corrected chi connectivity index (χ3v) is 5.70. The Bertz CT molecular complexity index is 658. The van der Waals surface area contributed by atoms with E-state index in [9.17, 15) is 4.79 Å². The fourth-order valence-electron chi connectivity index (χ4n) is 4.39. The first kappa shape index (κ1) is 20.2. The van der Waals surface area contributed by atoms with Crippen molar-refractivity contribution in [2.45, 2.75) is 45.6 Å². The van der Waals surface area contributed by atoms with Crippen molar-refractivity contribution in [1.29, 1.82) is 0 Å². The molecule has 2 aliphatic rings. The molecule has 0 aromatic heterocycles. The van der Waals surface area contributed by atoms with Crippen molar-refractivity contribution in [3.8, 4) is 11.5 Å². The molecule has 2 unspecified atom stereocenters. The molecule has 1 fully saturated rings. The van der Waals surface area contributed by atoms with Crippen LogP contribution in [0.2, 0.25) is 0 Å². The molecule has 5 heteroatoms. The quantitative estimate of drug-likeness (QED) is 0.649. The summed E-state index contributed by atoms with van der Waals surface area (Å²) in [6.07, 6.45) is 3.44. The van der Waals surface area contributed by atoms with E-state index in [1.807, 2.05) is 0 Å². The Morgan fingerprint density at radius 3 is 2.70 bits per heavy atom. The van der Waals surface area contributed by atoms with Gasteiger partial charge in [-0.3, -0.25) is 9.69 Å². The van der Waals surface area contributed by atoms with E-state index in [1.165, 1.54) is 11.1 Å². The predicted molar refractivity (Wildman–Crippen MR) is 106 cm³/mol. The molecule has 0 aliphatic carbocycles. The average Bonchev–Trinajstić information content (AvgIpc) is 2.65. The van der Waals surface area contributed by atoms with E-state index in [-0.39, 0.29) is 12.0 Å². The number of piperidine rings is 1. The van der Waals surface area contributed by atoms with Gasteiger partial charge >= 0.3 is 0 Å². The summed E-state index contributed by atoms with van der Waals surface area (Å²) in [6, 6.07) is 4.39. The predicted octanol–water partition coefficient (Wildman–Crippen LogP) is 3.64. The van der Waals surface area contributed by atoms with Crippen molar-refractivity contribution in [2.75, 3.05) is 40.5 Å². The van der Waals surface area contributed by atoms with Gasteiger partial charge < -0.3 is 14.2 Å². The van der Waals surface area contributed by atoms with Gasteiger partial charge in [0.15, 0.2) is 11.5 Å². The number of Topliss-reactive ketones (excluding diaryl/α,β-unsaturated/α-hetero) is 1. The van der Waals surface area contributed by atoms with E-state index >= 15 is 0 Å². The summed E-state index contributed by atoms with van der Waals surface area (Å²) in [5.74, 6) is 2.71. The maximum Gasteiger partial charge on any atom is 0.161 e. The van der Waals surface area contributed by atoms with Crippen molar-refractivity contribution >= 4 is 5.78 Å². The average molecular weight is 376 g/mol. The first-order valence-electron chi connectivity index (χ1n) is 10.1. The van der Waals surface area contributed by atoms with Crippen molar-refractivity contribution in [2.24, 2.45) is 11.8 Å². The zero-order valence-electron chi connectivity index (χ0n) is 17.1. The topological polar surface area (TPSA) is 48.0 Å². The van der Waals surface area contributed by atoms with Crippen LogP contribution in [-0.2, 0) is 16.0 Å². The molecule has 1 saturated heterocycles. The molecule has 5 nitrogen and oxygen atoms in total. The fraction of sp³-hybridized carbons (Fsp3) is 0.682. The first-order valence-corrected chi connectivity index (χ1v) is 10.1. The van der Waals surface area contributed by atoms with Gasteiger partial charge in [-0.05, 0) is 42.0 Å². The van der Waals surface area contributed by atoms with Crippen LogP contribution in [-0.4, -0.2) is 51.2 Å². The van der Waals surface area contributed by atoms with Crippen LogP contribution in [0.4, 0.5) is 0 Å². The maximum absolute atomic E-state index is 12.7. The number of rotatable bonds is 8. The summed E-state index contributed by atoms with van der Waals surface area (Å²) in [6.45, 7) is 7.58. The number of hydrogen-bond donors (Lipinski definition) is 0. The normalized spacial score (nSPS) is 22.5. The number of nitrogens with zero attached hydrogens (tertiary/aromatic N) is 1. The summed E-state index contributed by atoms with van der Waals surface area (Å²) in [4.78, 5) is 15.2. The highest BCUT2D eigenvalue weighted by Crippen LogP contribution is 2.42. The van der Waals surface area contributed by atoms with Crippen molar-refractivity contribution in [1.82, 2.24) is 4.90 Å². The van der Waals surface area contributed by atoms with E-state index in [0.717, 1.165) is 43.9 Å². The van der Waals surface area contributed by atoms with Crippen LogP contribution >= 0.6 is 0 Å². The summed E-state index contributed by atoms with van der Waals surface area (Å²) in [5, 5.41) is 0. The molecule has 1 aromatic rings. The molecule has 2 aliphatic heterocycles. The Kier molecular flexibility index (Phi) is 6.77. The molecule has 2 atom stereocenters. The number of ether oxygens (including phenoxy) is 3. The molecule has 0 N–H and O–H groups in total. The molecule has 2 heterocycles. The van der Waals surface area contributed by atoms with Gasteiger partial charge in [0, 0.05) is 51.6 Å². The number of hydrogen-bond acceptors (Lipinski definition) is 5. The smallest absolute Gasteiger partial charge is 0.161 e. The highest BCUT2D eigenvalue weighted by atomic mass is 16.5. The minimum absolute atomic E-state index is 0.182. The highest BCUT2D eigenvalue weighted by molar-refractivity contribution is 5.83. The lowest BCUT2D eigenvalue weighted by Gasteiger charge is -2.43. The Hall–Kier alpha value is -1.59. The third kappa shape index (κ3) is 4.64. The maximum atomic E-state index is 12.7. The van der Waals surface area contributed by atoms with E-state index < -0.39 is 0 Å². The number of carbonyl (C=O) groups excluding carboxylic acids is 1. The lowest BCUT2D eigenvalue weighted by Crippen LogP contribution is -2.46. The van der Waals surface area contributed by atoms with Crippen LogP contribution in [0.1, 0.15) is 50.3 Å². The molecule has 1 aromatic carbocycles. The van der Waals surface area contributed by atoms with Gasteiger partial charge in [-0.15, -0.1) is 0 Å². The third-order valence-electron chi connectivity index (χ3n) is 5.70. The van der Waals surface area contributed by atoms with Crippen LogP contribution < -0.4 is 9.47 Å². The van der Waals surface area contributed by atoms with Crippen LogP contribution in [0.25, 0.3) is 0 Å². The molecule has 0 bridgehead atoms. The van der Waals surface area contributed by atoms with E-state index in [4.69, 9.17) is 14.2 Å². The van der Waals surface area contributed by atoms with Gasteiger partial charge in [0.1, 0.15) is 5.78 Å². The Morgan fingerprint density at radius 2 is 2.00 bits per heavy atom. The molecule has 0 saturated carbocycles. The van der Waals surface area contributed by atoms with Gasteiger partial charge in [0.25, 0.3) is 0 Å². The van der Waals surface area contributed by atoms with Gasteiger partial charge in [0.05, 0.1) is 13.7 Å². The second-order valence-electron chi connectivity index (χ2n) is 8.15. The fourth-order valence-corrected chi connectivity index (χ4v) is 4.39. The molecule has 0 radical (unpaired) electrons. The lowest BCUT2D eigenvalue weighted by molar-refractivity contribution is -0.129. The second kappa shape index (κ2) is 9.07. The molecular formula is C22H33NO4. The van der Waals surface area contributed by atoms with Crippen LogP contribution in [0.15, 0.2) is 12.1 Å². The minimum Gasteiger partial charge on any atom is -0.493 e. The monoisotopic (exact) mass is 375 g/mol. The Labute approximate surface area is 163 Å². The zero-order chi connectivity index (χ0) is 19.4. The van der Waals surface area contributed by atoms with Crippen LogP contribution in [0.3, 0.4) is 0 Å². The summed E-state index contributed by atoms with van der Waals surface area (Å²) in [5.41, 5.74) is 2.52. The van der Waals surface area contributed by atoms with E-state index in [1.54, 1.807) is 14.2 Å². The summed E-state index contributed by atoms with van der Waals surface area (Å²) < 4.78 is 16.6. The van der Waals surface area contributed by atoms with Gasteiger partial charge in [-0.2, -0.15) is 0 Å². The van der Waals surface area contributed by atoms with Crippen molar-refractivity contribution in [3.63, 3.8) is 0 Å². The summed E-state index contributed by atoms with van der Waals surface area (Å²) in [7, 11) is 3.37. The Morgan fingerprint density at radius 1 is 1.19 bits per heavy atom. The van der Waals surface area contributed by atoms with E-state index in [0.29, 0.717) is 31.3 Å². The SMILES string of the molecule is COCCCOc1cc2c(cc1OC)C1CC(=O)C(CC(C)C)CN1CC2. The first-order chi connectivity index (χ1) is 13.0. The van der Waals surface area contributed by atoms with Crippen molar-refractivity contribution < 1.29 is 19.0 Å². The number of ketones is 1. The van der Waals surface area contributed by atoms with E-state index in [2.05, 4.69) is 30.9 Å². The molecule has 27 heavy (non-hydrogen) atoms. The standard InChI is InChI=1S/C22H33NO4/c1-15(2)10-17-14-23-7-6-16-11-22(27-9-5-8-25-3)21(26-4)12-18(16)19(23)13-20(17)24/h11-12,15,17,19H,5-10,13-14H2,1-4H3. The van der Waals surface area contributed by atoms with Gasteiger partial charge in [-0.1, -0.05) is 13.8 Å². The van der Waals surface area contributed by atoms with Gasteiger partial charge in [0.2, 0.25) is 0 Å². The van der Waals surface area contributed by atoms with Crippen LogP contribution in [0.5, 0.6) is 11.5 Å². The molecular weight excluding hydrogens is 342 g/mol. The van der Waals surface area contributed by atoms with Crippen molar-refractivity contribution in [3.05, 3.63) is 23.3 Å². The molecule has 0 amide bonds. The second-order valence-corrected chi connectivity index (χ2v) is 8.15. The minimum atomic E-state index is 0.182. The number of methoxy groups -OCH3 is 2. The number of fused-ring (bicyclic) bond motifs is 3. The largest absolute Gasteiger partial charge is 0.493 e. The van der Waals surface area contributed by atoms with Gasteiger partial charge in [-0.25, -0.2) is 0 Å². The zero-order valence-corrected chi connectivity index (χ0v) is 17.1. The summed E-state index contributed by atoms with van der Waals surface area (Å²) >= 11 is 0. The number of carbonyl (C=O) groups is 1. The highest BCUT2D eigenvalue weighted by Gasteiger charge is 2.38. The Balaban J connectivity index is 1.77. The molecule has 3 rings (SSSR count). The van der Waals surface area contributed by atoms with Crippen LogP contribution in [0, 0.1) is 11.8 Å². The number of benzene rings is 1. The molecule has 0 spiro atoms.